The highest BCUT2D eigenvalue weighted by molar-refractivity contribution is 6.35. The van der Waals surface area contributed by atoms with Crippen LogP contribution in [0.25, 0.3) is 0 Å². The van der Waals surface area contributed by atoms with Crippen LogP contribution < -0.4 is 11.1 Å². The van der Waals surface area contributed by atoms with Gasteiger partial charge in [-0.2, -0.15) is 0 Å². The Labute approximate surface area is 94.8 Å². The van der Waals surface area contributed by atoms with Crippen molar-refractivity contribution < 1.29 is 14.7 Å². The molecule has 0 radical (unpaired) electrons. The summed E-state index contributed by atoms with van der Waals surface area (Å²) >= 11 is 0. The van der Waals surface area contributed by atoms with Gasteiger partial charge >= 0.3 is 11.8 Å². The molecule has 1 rings (SSSR count). The maximum atomic E-state index is 11.7. The first-order valence-corrected chi connectivity index (χ1v) is 5.46. The monoisotopic (exact) mass is 229 g/mol. The zero-order chi connectivity index (χ0) is 12.2. The molecule has 16 heavy (non-hydrogen) atoms. The highest BCUT2D eigenvalue weighted by atomic mass is 16.3. The van der Waals surface area contributed by atoms with Gasteiger partial charge in [0.05, 0.1) is 5.60 Å². The number of rotatable bonds is 2. The summed E-state index contributed by atoms with van der Waals surface area (Å²) in [4.78, 5) is 24.4. The Morgan fingerprint density at radius 1 is 1.56 bits per heavy atom. The minimum Gasteiger partial charge on any atom is -0.388 e. The summed E-state index contributed by atoms with van der Waals surface area (Å²) in [6.45, 7) is 2.99. The van der Waals surface area contributed by atoms with Gasteiger partial charge in [-0.1, -0.05) is 0 Å². The Hall–Kier alpha value is -1.14. The number of piperidine rings is 1. The minimum atomic E-state index is -0.887. The van der Waals surface area contributed by atoms with Crippen LogP contribution in [0.5, 0.6) is 0 Å². The highest BCUT2D eigenvalue weighted by Gasteiger charge is 2.33. The first-order valence-electron chi connectivity index (χ1n) is 5.46. The van der Waals surface area contributed by atoms with Gasteiger partial charge in [0.2, 0.25) is 0 Å². The van der Waals surface area contributed by atoms with Crippen molar-refractivity contribution in [2.45, 2.75) is 25.4 Å². The summed E-state index contributed by atoms with van der Waals surface area (Å²) in [5.41, 5.74) is 4.33. The molecule has 1 heterocycles. The molecule has 0 saturated carbocycles. The Morgan fingerprint density at radius 2 is 2.25 bits per heavy atom. The fraction of sp³-hybridized carbons (Fsp3) is 0.800. The van der Waals surface area contributed by atoms with E-state index < -0.39 is 17.4 Å². The van der Waals surface area contributed by atoms with Crippen molar-refractivity contribution in [1.29, 1.82) is 0 Å². The Balaban J connectivity index is 2.50. The Kier molecular flexibility index (Phi) is 4.26. The number of carbonyl (C=O) groups is 2. The molecule has 1 aliphatic rings. The molecule has 0 aromatic rings. The van der Waals surface area contributed by atoms with Crippen LogP contribution in [0.15, 0.2) is 0 Å². The number of β-amino-alcohol motifs (C(OH)–C–C–N with tert-alkyl or cyclic N) is 1. The van der Waals surface area contributed by atoms with E-state index in [1.54, 1.807) is 6.92 Å². The molecule has 1 aliphatic heterocycles. The molecule has 1 saturated heterocycles. The van der Waals surface area contributed by atoms with Gasteiger partial charge in [0.15, 0.2) is 0 Å². The van der Waals surface area contributed by atoms with Crippen LogP contribution in [0.2, 0.25) is 0 Å². The van der Waals surface area contributed by atoms with E-state index in [2.05, 4.69) is 5.32 Å². The van der Waals surface area contributed by atoms with Crippen LogP contribution in [0.4, 0.5) is 0 Å². The van der Waals surface area contributed by atoms with Crippen molar-refractivity contribution >= 4 is 11.8 Å². The molecule has 0 aromatic heterocycles. The SMILES string of the molecule is CC1(O)CCCN(C(=O)C(=O)NCCN)C1. The minimum absolute atomic E-state index is 0.210. The molecule has 0 spiro atoms. The van der Waals surface area contributed by atoms with Gasteiger partial charge in [-0.05, 0) is 19.8 Å². The fourth-order valence-electron chi connectivity index (χ4n) is 1.80. The lowest BCUT2D eigenvalue weighted by Gasteiger charge is -2.36. The van der Waals surface area contributed by atoms with Crippen LogP contribution in [0, 0.1) is 0 Å². The molecule has 6 heteroatoms. The summed E-state index contributed by atoms with van der Waals surface area (Å²) in [6, 6.07) is 0. The van der Waals surface area contributed by atoms with Gasteiger partial charge in [0.25, 0.3) is 0 Å². The number of hydrogen-bond donors (Lipinski definition) is 3. The average molecular weight is 229 g/mol. The quantitative estimate of drug-likeness (QED) is 0.499. The van der Waals surface area contributed by atoms with Crippen LogP contribution >= 0.6 is 0 Å². The number of nitrogens with one attached hydrogen (secondary N) is 1. The lowest BCUT2D eigenvalue weighted by molar-refractivity contribution is -0.149. The molecule has 1 unspecified atom stereocenters. The second-order valence-corrected chi connectivity index (χ2v) is 4.37. The number of nitrogens with two attached hydrogens (primary N) is 1. The van der Waals surface area contributed by atoms with Gasteiger partial charge in [-0.25, -0.2) is 0 Å². The lowest BCUT2D eigenvalue weighted by atomic mass is 9.95. The molecule has 6 nitrogen and oxygen atoms in total. The summed E-state index contributed by atoms with van der Waals surface area (Å²) in [7, 11) is 0. The molecular formula is C10H19N3O3. The molecule has 4 N–H and O–H groups in total. The summed E-state index contributed by atoms with van der Waals surface area (Å²) in [5.74, 6) is -1.24. The first-order chi connectivity index (χ1) is 7.46. The number of likely N-dealkylation sites (tertiary alicyclic amines) is 1. The van der Waals surface area contributed by atoms with Crippen LogP contribution in [0.1, 0.15) is 19.8 Å². The third-order valence-corrected chi connectivity index (χ3v) is 2.59. The van der Waals surface area contributed by atoms with E-state index >= 15 is 0 Å². The first kappa shape index (κ1) is 12.9. The fourth-order valence-corrected chi connectivity index (χ4v) is 1.80. The lowest BCUT2D eigenvalue weighted by Crippen LogP contribution is -2.53. The van der Waals surface area contributed by atoms with Crippen molar-refractivity contribution in [2.75, 3.05) is 26.2 Å². The summed E-state index contributed by atoms with van der Waals surface area (Å²) in [6.07, 6.45) is 1.37. The van der Waals surface area contributed by atoms with E-state index in [1.807, 2.05) is 0 Å². The molecule has 1 fully saturated rings. The van der Waals surface area contributed by atoms with Crippen molar-refractivity contribution in [3.8, 4) is 0 Å². The molecular weight excluding hydrogens is 210 g/mol. The van der Waals surface area contributed by atoms with Gasteiger partial charge in [0.1, 0.15) is 0 Å². The molecule has 92 valence electrons. The maximum Gasteiger partial charge on any atom is 0.311 e. The van der Waals surface area contributed by atoms with E-state index in [0.29, 0.717) is 25.9 Å². The zero-order valence-electron chi connectivity index (χ0n) is 9.53. The Morgan fingerprint density at radius 3 is 2.81 bits per heavy atom. The van der Waals surface area contributed by atoms with E-state index in [0.717, 1.165) is 0 Å². The number of nitrogens with zero attached hydrogens (tertiary/aromatic N) is 1. The zero-order valence-corrected chi connectivity index (χ0v) is 9.53. The predicted octanol–water partition coefficient (Wildman–Crippen LogP) is -1.57. The van der Waals surface area contributed by atoms with Gasteiger partial charge in [-0.3, -0.25) is 9.59 Å². The van der Waals surface area contributed by atoms with Gasteiger partial charge in [0, 0.05) is 26.2 Å². The van der Waals surface area contributed by atoms with E-state index in [9.17, 15) is 14.7 Å². The van der Waals surface area contributed by atoms with Crippen molar-refractivity contribution in [3.63, 3.8) is 0 Å². The summed E-state index contributed by atoms with van der Waals surface area (Å²) < 4.78 is 0. The third kappa shape index (κ3) is 3.46. The largest absolute Gasteiger partial charge is 0.388 e. The van der Waals surface area contributed by atoms with E-state index in [-0.39, 0.29) is 13.1 Å². The number of amides is 2. The van der Waals surface area contributed by atoms with Gasteiger partial charge < -0.3 is 21.1 Å². The van der Waals surface area contributed by atoms with E-state index in [1.165, 1.54) is 4.90 Å². The number of aliphatic hydroxyl groups is 1. The second kappa shape index (κ2) is 5.27. The van der Waals surface area contributed by atoms with Crippen molar-refractivity contribution in [2.24, 2.45) is 5.73 Å². The molecule has 1 atom stereocenters. The summed E-state index contributed by atoms with van der Waals surface area (Å²) in [5, 5.41) is 12.2. The maximum absolute atomic E-state index is 11.7. The van der Waals surface area contributed by atoms with Crippen LogP contribution in [0.3, 0.4) is 0 Å². The van der Waals surface area contributed by atoms with Crippen molar-refractivity contribution in [3.05, 3.63) is 0 Å². The third-order valence-electron chi connectivity index (χ3n) is 2.59. The predicted molar refractivity (Wildman–Crippen MR) is 58.5 cm³/mol. The normalized spacial score (nSPS) is 25.3. The second-order valence-electron chi connectivity index (χ2n) is 4.37. The smallest absolute Gasteiger partial charge is 0.311 e. The van der Waals surface area contributed by atoms with Gasteiger partial charge in [-0.15, -0.1) is 0 Å². The van der Waals surface area contributed by atoms with Crippen LogP contribution in [-0.2, 0) is 9.59 Å². The van der Waals surface area contributed by atoms with Crippen molar-refractivity contribution in [1.82, 2.24) is 10.2 Å². The van der Waals surface area contributed by atoms with E-state index in [4.69, 9.17) is 5.73 Å². The average Bonchev–Trinajstić information content (AvgIpc) is 2.23. The highest BCUT2D eigenvalue weighted by Crippen LogP contribution is 2.20. The number of carbonyl (C=O) groups excluding carboxylic acids is 2. The Bertz CT molecular complexity index is 278. The molecule has 0 aromatic carbocycles. The molecule has 0 bridgehead atoms. The molecule has 0 aliphatic carbocycles. The number of hydrogen-bond acceptors (Lipinski definition) is 4. The molecule has 2 amide bonds. The standard InChI is InChI=1S/C10H19N3O3/c1-10(16)3-2-6-13(7-10)9(15)8(14)12-5-4-11/h16H,2-7,11H2,1H3,(H,12,14). The van der Waals surface area contributed by atoms with Crippen LogP contribution in [-0.4, -0.2) is 53.6 Å². The topological polar surface area (TPSA) is 95.7 Å².